The molecule has 1 aliphatic heterocycles. The molecule has 0 aromatic heterocycles. The summed E-state index contributed by atoms with van der Waals surface area (Å²) in [5.41, 5.74) is 1.29. The quantitative estimate of drug-likeness (QED) is 0.853. The molecule has 0 amide bonds. The molecule has 24 heavy (non-hydrogen) atoms. The van der Waals surface area contributed by atoms with Crippen LogP contribution in [0.5, 0.6) is 0 Å². The highest BCUT2D eigenvalue weighted by Gasteiger charge is 2.22. The second kappa shape index (κ2) is 9.12. The van der Waals surface area contributed by atoms with Gasteiger partial charge in [-0.05, 0) is 62.4 Å². The van der Waals surface area contributed by atoms with Gasteiger partial charge < -0.3 is 10.2 Å². The molecule has 0 spiro atoms. The van der Waals surface area contributed by atoms with E-state index >= 15 is 0 Å². The van der Waals surface area contributed by atoms with Crippen LogP contribution in [0.3, 0.4) is 0 Å². The maximum atomic E-state index is 11.4. The highest BCUT2D eigenvalue weighted by molar-refractivity contribution is 7.84. The molecule has 0 radical (unpaired) electrons. The van der Waals surface area contributed by atoms with Gasteiger partial charge in [0.15, 0.2) is 0 Å². The number of nitrogens with one attached hydrogen (secondary N) is 1. The summed E-state index contributed by atoms with van der Waals surface area (Å²) in [7, 11) is -0.879. The molecule has 0 bridgehead atoms. The number of rotatable bonds is 6. The van der Waals surface area contributed by atoms with Gasteiger partial charge in [-0.15, -0.1) is 0 Å². The summed E-state index contributed by atoms with van der Waals surface area (Å²) in [6.07, 6.45) is 11.5. The van der Waals surface area contributed by atoms with Crippen molar-refractivity contribution in [1.82, 2.24) is 10.2 Å². The Hall–Kier alpha value is -0.710. The third kappa shape index (κ3) is 5.40. The van der Waals surface area contributed by atoms with Crippen LogP contribution >= 0.6 is 0 Å². The zero-order valence-electron chi connectivity index (χ0n) is 15.0. The monoisotopic (exact) mass is 348 g/mol. The first-order chi connectivity index (χ1) is 11.7. The molecule has 1 saturated carbocycles. The molecule has 1 saturated heterocycles. The Kier molecular flexibility index (Phi) is 6.87. The predicted molar refractivity (Wildman–Crippen MR) is 102 cm³/mol. The van der Waals surface area contributed by atoms with Crippen molar-refractivity contribution < 1.29 is 4.21 Å². The van der Waals surface area contributed by atoms with Gasteiger partial charge >= 0.3 is 0 Å². The van der Waals surface area contributed by atoms with Crippen LogP contribution in [0.1, 0.15) is 50.5 Å². The Labute approximate surface area is 149 Å². The second-order valence-electron chi connectivity index (χ2n) is 7.56. The average molecular weight is 349 g/mol. The highest BCUT2D eigenvalue weighted by atomic mass is 32.2. The molecule has 1 atom stereocenters. The summed E-state index contributed by atoms with van der Waals surface area (Å²) in [6, 6.07) is 8.82. The van der Waals surface area contributed by atoms with Crippen LogP contribution in [0, 0.1) is 5.92 Å². The molecule has 3 rings (SSSR count). The van der Waals surface area contributed by atoms with E-state index in [1.54, 1.807) is 6.26 Å². The van der Waals surface area contributed by atoms with Crippen molar-refractivity contribution in [3.63, 3.8) is 0 Å². The molecule has 1 aromatic carbocycles. The lowest BCUT2D eigenvalue weighted by Gasteiger charge is -2.35. The SMILES string of the molecule is CS(=O)c1ccc(CNC2CCN(CC3CCCCC3)CC2)cc1. The fraction of sp³-hybridized carbons (Fsp3) is 0.700. The lowest BCUT2D eigenvalue weighted by molar-refractivity contribution is 0.155. The van der Waals surface area contributed by atoms with Crippen molar-refractivity contribution in [2.75, 3.05) is 25.9 Å². The van der Waals surface area contributed by atoms with Crippen LogP contribution in [-0.4, -0.2) is 41.0 Å². The van der Waals surface area contributed by atoms with Crippen molar-refractivity contribution in [3.8, 4) is 0 Å². The maximum absolute atomic E-state index is 11.4. The molecule has 2 fully saturated rings. The van der Waals surface area contributed by atoms with Crippen LogP contribution in [0.4, 0.5) is 0 Å². The van der Waals surface area contributed by atoms with E-state index in [1.165, 1.54) is 70.1 Å². The molecule has 1 unspecified atom stereocenters. The fourth-order valence-electron chi connectivity index (χ4n) is 4.12. The lowest BCUT2D eigenvalue weighted by Crippen LogP contribution is -2.44. The van der Waals surface area contributed by atoms with Gasteiger partial charge in [-0.2, -0.15) is 0 Å². The topological polar surface area (TPSA) is 32.3 Å². The highest BCUT2D eigenvalue weighted by Crippen LogP contribution is 2.25. The predicted octanol–water partition coefficient (Wildman–Crippen LogP) is 3.56. The minimum atomic E-state index is -0.879. The van der Waals surface area contributed by atoms with E-state index in [4.69, 9.17) is 0 Å². The molecular formula is C20H32N2OS. The van der Waals surface area contributed by atoms with Crippen molar-refractivity contribution >= 4 is 10.8 Å². The molecule has 1 aliphatic carbocycles. The van der Waals surface area contributed by atoms with Gasteiger partial charge in [0.25, 0.3) is 0 Å². The van der Waals surface area contributed by atoms with E-state index in [1.807, 2.05) is 12.1 Å². The van der Waals surface area contributed by atoms with Crippen LogP contribution in [0.15, 0.2) is 29.2 Å². The average Bonchev–Trinajstić information content (AvgIpc) is 2.62. The fourth-order valence-corrected chi connectivity index (χ4v) is 4.64. The van der Waals surface area contributed by atoms with E-state index < -0.39 is 10.8 Å². The molecule has 134 valence electrons. The van der Waals surface area contributed by atoms with Crippen molar-refractivity contribution in [2.45, 2.75) is 62.4 Å². The lowest BCUT2D eigenvalue weighted by atomic mass is 9.88. The Morgan fingerprint density at radius 2 is 1.71 bits per heavy atom. The Bertz CT molecular complexity index is 517. The normalized spacial score (nSPS) is 22.5. The first-order valence-corrected chi connectivity index (χ1v) is 11.1. The molecule has 1 N–H and O–H groups in total. The van der Waals surface area contributed by atoms with Gasteiger partial charge in [-0.25, -0.2) is 0 Å². The molecule has 1 heterocycles. The number of piperidine rings is 1. The summed E-state index contributed by atoms with van der Waals surface area (Å²) >= 11 is 0. The third-order valence-corrected chi connectivity index (χ3v) is 6.61. The number of likely N-dealkylation sites (tertiary alicyclic amines) is 1. The Morgan fingerprint density at radius 1 is 1.04 bits per heavy atom. The standard InChI is InChI=1S/C20H32N2OS/c1-24(23)20-9-7-17(8-10-20)15-21-19-11-13-22(14-12-19)16-18-5-3-2-4-6-18/h7-10,18-19,21H,2-6,11-16H2,1H3. The first-order valence-electron chi connectivity index (χ1n) is 9.59. The summed E-state index contributed by atoms with van der Waals surface area (Å²) in [5.74, 6) is 0.964. The van der Waals surface area contributed by atoms with Crippen LogP contribution in [-0.2, 0) is 17.3 Å². The van der Waals surface area contributed by atoms with Crippen molar-refractivity contribution in [1.29, 1.82) is 0 Å². The van der Waals surface area contributed by atoms with E-state index in [2.05, 4.69) is 22.3 Å². The Morgan fingerprint density at radius 3 is 2.33 bits per heavy atom. The van der Waals surface area contributed by atoms with Gasteiger partial charge in [-0.3, -0.25) is 4.21 Å². The van der Waals surface area contributed by atoms with Gasteiger partial charge in [0, 0.05) is 41.1 Å². The van der Waals surface area contributed by atoms with E-state index in [9.17, 15) is 4.21 Å². The van der Waals surface area contributed by atoms with Gasteiger partial charge in [0.05, 0.1) is 0 Å². The molecular weight excluding hydrogens is 316 g/mol. The van der Waals surface area contributed by atoms with Gasteiger partial charge in [-0.1, -0.05) is 31.4 Å². The number of hydrogen-bond acceptors (Lipinski definition) is 3. The second-order valence-corrected chi connectivity index (χ2v) is 8.94. The Balaban J connectivity index is 1.36. The minimum absolute atomic E-state index is 0.646. The zero-order chi connectivity index (χ0) is 16.8. The summed E-state index contributed by atoms with van der Waals surface area (Å²) in [4.78, 5) is 3.61. The summed E-state index contributed by atoms with van der Waals surface area (Å²) < 4.78 is 11.4. The van der Waals surface area contributed by atoms with E-state index in [0.29, 0.717) is 6.04 Å². The zero-order valence-corrected chi connectivity index (χ0v) is 15.8. The van der Waals surface area contributed by atoms with Crippen molar-refractivity contribution in [2.24, 2.45) is 5.92 Å². The van der Waals surface area contributed by atoms with Crippen LogP contribution in [0.25, 0.3) is 0 Å². The molecule has 1 aromatic rings. The number of hydrogen-bond donors (Lipinski definition) is 1. The van der Waals surface area contributed by atoms with Gasteiger partial charge in [0.1, 0.15) is 0 Å². The third-order valence-electron chi connectivity index (χ3n) is 5.68. The van der Waals surface area contributed by atoms with Gasteiger partial charge in [0.2, 0.25) is 0 Å². The summed E-state index contributed by atoms with van der Waals surface area (Å²) in [6.45, 7) is 4.76. The number of benzene rings is 1. The molecule has 3 nitrogen and oxygen atoms in total. The first kappa shape index (κ1) is 18.1. The number of nitrogens with zero attached hydrogens (tertiary/aromatic N) is 1. The van der Waals surface area contributed by atoms with Crippen LogP contribution < -0.4 is 5.32 Å². The van der Waals surface area contributed by atoms with E-state index in [-0.39, 0.29) is 0 Å². The minimum Gasteiger partial charge on any atom is -0.310 e. The molecule has 2 aliphatic rings. The van der Waals surface area contributed by atoms with Crippen LogP contribution in [0.2, 0.25) is 0 Å². The molecule has 4 heteroatoms. The summed E-state index contributed by atoms with van der Waals surface area (Å²) in [5, 5.41) is 3.71. The largest absolute Gasteiger partial charge is 0.310 e. The van der Waals surface area contributed by atoms with Crippen molar-refractivity contribution in [3.05, 3.63) is 29.8 Å². The smallest absolute Gasteiger partial charge is 0.0498 e. The maximum Gasteiger partial charge on any atom is 0.0498 e. The van der Waals surface area contributed by atoms with E-state index in [0.717, 1.165) is 17.4 Å².